The summed E-state index contributed by atoms with van der Waals surface area (Å²) in [4.78, 5) is 11.2. The highest BCUT2D eigenvalue weighted by molar-refractivity contribution is 5.80. The number of hydrogen-bond acceptors (Lipinski definition) is 3. The Kier molecular flexibility index (Phi) is 4.25. The first-order valence-corrected chi connectivity index (χ1v) is 4.95. The monoisotopic (exact) mass is 226 g/mol. The molecule has 0 spiro atoms. The van der Waals surface area contributed by atoms with Crippen LogP contribution in [0, 0.1) is 5.82 Å². The Labute approximate surface area is 93.6 Å². The first-order chi connectivity index (χ1) is 7.58. The smallest absolute Gasteiger partial charge is 0.260 e. The SMILES string of the molecule is CNC(=O)C(C)Oc1ccc(F)cc1CN. The van der Waals surface area contributed by atoms with Crippen molar-refractivity contribution in [2.24, 2.45) is 5.73 Å². The summed E-state index contributed by atoms with van der Waals surface area (Å²) in [6, 6.07) is 4.04. The van der Waals surface area contributed by atoms with Crippen LogP contribution in [-0.2, 0) is 11.3 Å². The predicted molar refractivity (Wildman–Crippen MR) is 58.4 cm³/mol. The Morgan fingerprint density at radius 2 is 2.31 bits per heavy atom. The van der Waals surface area contributed by atoms with Gasteiger partial charge in [-0.15, -0.1) is 0 Å². The van der Waals surface area contributed by atoms with Gasteiger partial charge in [-0.2, -0.15) is 0 Å². The molecule has 0 saturated heterocycles. The van der Waals surface area contributed by atoms with Crippen LogP contribution in [0.4, 0.5) is 4.39 Å². The van der Waals surface area contributed by atoms with Gasteiger partial charge in [0, 0.05) is 19.2 Å². The molecule has 0 heterocycles. The summed E-state index contributed by atoms with van der Waals surface area (Å²) in [6.07, 6.45) is -0.638. The van der Waals surface area contributed by atoms with Crippen molar-refractivity contribution in [3.05, 3.63) is 29.6 Å². The third-order valence-electron chi connectivity index (χ3n) is 2.16. The molecule has 0 bridgehead atoms. The van der Waals surface area contributed by atoms with E-state index in [1.165, 1.54) is 25.2 Å². The Bertz CT molecular complexity index is 382. The molecule has 1 amide bonds. The van der Waals surface area contributed by atoms with E-state index in [-0.39, 0.29) is 18.3 Å². The largest absolute Gasteiger partial charge is 0.481 e. The molecule has 0 aliphatic carbocycles. The van der Waals surface area contributed by atoms with E-state index in [2.05, 4.69) is 5.32 Å². The third kappa shape index (κ3) is 2.93. The summed E-state index contributed by atoms with van der Waals surface area (Å²) in [7, 11) is 1.52. The number of nitrogens with two attached hydrogens (primary N) is 1. The number of amides is 1. The van der Waals surface area contributed by atoms with Gasteiger partial charge in [-0.25, -0.2) is 4.39 Å². The van der Waals surface area contributed by atoms with Crippen molar-refractivity contribution in [3.8, 4) is 5.75 Å². The van der Waals surface area contributed by atoms with Crippen LogP contribution in [0.5, 0.6) is 5.75 Å². The second kappa shape index (κ2) is 5.46. The highest BCUT2D eigenvalue weighted by atomic mass is 19.1. The molecule has 0 saturated carbocycles. The molecule has 1 rings (SSSR count). The summed E-state index contributed by atoms with van der Waals surface area (Å²) >= 11 is 0. The Hall–Kier alpha value is -1.62. The number of hydrogen-bond donors (Lipinski definition) is 2. The number of carbonyl (C=O) groups excluding carboxylic acids is 1. The van der Waals surface area contributed by atoms with Gasteiger partial charge in [0.15, 0.2) is 6.10 Å². The predicted octanol–water partition coefficient (Wildman–Crippen LogP) is 0.798. The molecule has 0 aromatic heterocycles. The van der Waals surface area contributed by atoms with E-state index < -0.39 is 6.10 Å². The van der Waals surface area contributed by atoms with Crippen molar-refractivity contribution < 1.29 is 13.9 Å². The zero-order valence-electron chi connectivity index (χ0n) is 9.29. The Morgan fingerprint density at radius 3 is 2.88 bits per heavy atom. The van der Waals surface area contributed by atoms with Gasteiger partial charge in [-0.1, -0.05) is 0 Å². The highest BCUT2D eigenvalue weighted by Crippen LogP contribution is 2.20. The Balaban J connectivity index is 2.84. The van der Waals surface area contributed by atoms with E-state index in [1.54, 1.807) is 6.92 Å². The molecule has 3 N–H and O–H groups in total. The van der Waals surface area contributed by atoms with Crippen LogP contribution in [0.25, 0.3) is 0 Å². The number of halogens is 1. The first-order valence-electron chi connectivity index (χ1n) is 4.95. The zero-order valence-corrected chi connectivity index (χ0v) is 9.29. The topological polar surface area (TPSA) is 64.3 Å². The van der Waals surface area contributed by atoms with Gasteiger partial charge in [0.1, 0.15) is 11.6 Å². The standard InChI is InChI=1S/C11H15FN2O2/c1-7(11(15)14-2)16-10-4-3-9(12)5-8(10)6-13/h3-5,7H,6,13H2,1-2H3,(H,14,15). The maximum Gasteiger partial charge on any atom is 0.260 e. The lowest BCUT2D eigenvalue weighted by atomic mass is 10.2. The van der Waals surface area contributed by atoms with E-state index in [0.717, 1.165) is 0 Å². The molecular weight excluding hydrogens is 211 g/mol. The average Bonchev–Trinajstić information content (AvgIpc) is 2.30. The minimum Gasteiger partial charge on any atom is -0.481 e. The van der Waals surface area contributed by atoms with Crippen LogP contribution < -0.4 is 15.8 Å². The molecule has 1 atom stereocenters. The minimum absolute atomic E-state index is 0.160. The molecule has 0 aliphatic rings. The molecule has 0 fully saturated rings. The van der Waals surface area contributed by atoms with E-state index in [0.29, 0.717) is 11.3 Å². The normalized spacial score (nSPS) is 12.0. The van der Waals surface area contributed by atoms with Crippen molar-refractivity contribution in [3.63, 3.8) is 0 Å². The number of ether oxygens (including phenoxy) is 1. The molecule has 16 heavy (non-hydrogen) atoms. The van der Waals surface area contributed by atoms with Gasteiger partial charge in [0.05, 0.1) is 0 Å². The summed E-state index contributed by atoms with van der Waals surface area (Å²) in [5, 5.41) is 2.46. The molecule has 0 radical (unpaired) electrons. The van der Waals surface area contributed by atoms with E-state index in [1.807, 2.05) is 0 Å². The number of benzene rings is 1. The number of likely N-dealkylation sites (N-methyl/N-ethyl adjacent to an activating group) is 1. The van der Waals surface area contributed by atoms with Gasteiger partial charge in [-0.3, -0.25) is 4.79 Å². The van der Waals surface area contributed by atoms with Crippen LogP contribution in [-0.4, -0.2) is 19.1 Å². The van der Waals surface area contributed by atoms with Crippen molar-refractivity contribution in [2.45, 2.75) is 19.6 Å². The van der Waals surface area contributed by atoms with Gasteiger partial charge < -0.3 is 15.8 Å². The van der Waals surface area contributed by atoms with Crippen molar-refractivity contribution in [1.29, 1.82) is 0 Å². The Morgan fingerprint density at radius 1 is 1.62 bits per heavy atom. The molecule has 88 valence electrons. The lowest BCUT2D eigenvalue weighted by Gasteiger charge is -2.15. The number of carbonyl (C=O) groups is 1. The van der Waals surface area contributed by atoms with Crippen LogP contribution in [0.2, 0.25) is 0 Å². The fourth-order valence-electron chi connectivity index (χ4n) is 1.27. The van der Waals surface area contributed by atoms with Crippen LogP contribution in [0.1, 0.15) is 12.5 Å². The lowest BCUT2D eigenvalue weighted by molar-refractivity contribution is -0.126. The van der Waals surface area contributed by atoms with Crippen molar-refractivity contribution in [2.75, 3.05) is 7.05 Å². The van der Waals surface area contributed by atoms with Gasteiger partial charge in [0.25, 0.3) is 5.91 Å². The quantitative estimate of drug-likeness (QED) is 0.798. The van der Waals surface area contributed by atoms with Crippen LogP contribution in [0.3, 0.4) is 0 Å². The maximum atomic E-state index is 12.9. The first kappa shape index (κ1) is 12.4. The van der Waals surface area contributed by atoms with Gasteiger partial charge >= 0.3 is 0 Å². The summed E-state index contributed by atoms with van der Waals surface area (Å²) in [5.74, 6) is -0.187. The molecule has 1 unspecified atom stereocenters. The molecule has 5 heteroatoms. The fraction of sp³-hybridized carbons (Fsp3) is 0.364. The van der Waals surface area contributed by atoms with Gasteiger partial charge in [0.2, 0.25) is 0 Å². The number of nitrogens with one attached hydrogen (secondary N) is 1. The molecule has 4 nitrogen and oxygen atoms in total. The summed E-state index contributed by atoms with van der Waals surface area (Å²) in [6.45, 7) is 1.77. The second-order valence-corrected chi connectivity index (χ2v) is 3.33. The molecule has 0 aliphatic heterocycles. The fourth-order valence-corrected chi connectivity index (χ4v) is 1.27. The highest BCUT2D eigenvalue weighted by Gasteiger charge is 2.14. The van der Waals surface area contributed by atoms with E-state index in [4.69, 9.17) is 10.5 Å². The number of rotatable bonds is 4. The van der Waals surface area contributed by atoms with Gasteiger partial charge in [-0.05, 0) is 25.1 Å². The molecule has 1 aromatic carbocycles. The van der Waals surface area contributed by atoms with Crippen molar-refractivity contribution >= 4 is 5.91 Å². The zero-order chi connectivity index (χ0) is 12.1. The molecule has 1 aromatic rings. The minimum atomic E-state index is -0.638. The summed E-state index contributed by atoms with van der Waals surface area (Å²) < 4.78 is 18.3. The van der Waals surface area contributed by atoms with E-state index >= 15 is 0 Å². The average molecular weight is 226 g/mol. The molecular formula is C11H15FN2O2. The third-order valence-corrected chi connectivity index (χ3v) is 2.16. The summed E-state index contributed by atoms with van der Waals surface area (Å²) in [5.41, 5.74) is 5.99. The maximum absolute atomic E-state index is 12.9. The van der Waals surface area contributed by atoms with Crippen LogP contribution in [0.15, 0.2) is 18.2 Å². The van der Waals surface area contributed by atoms with Crippen molar-refractivity contribution in [1.82, 2.24) is 5.32 Å². The lowest BCUT2D eigenvalue weighted by Crippen LogP contribution is -2.34. The van der Waals surface area contributed by atoms with Crippen LogP contribution >= 0.6 is 0 Å². The second-order valence-electron chi connectivity index (χ2n) is 3.33. The van der Waals surface area contributed by atoms with E-state index in [9.17, 15) is 9.18 Å².